The molecule has 1 spiro atoms. The predicted octanol–water partition coefficient (Wildman–Crippen LogP) is 3.10. The highest BCUT2D eigenvalue weighted by molar-refractivity contribution is 6.30. The number of carbonyl (C=O) groups is 2. The zero-order chi connectivity index (χ0) is 21.5. The van der Waals surface area contributed by atoms with Gasteiger partial charge in [0.05, 0.1) is 12.7 Å². The van der Waals surface area contributed by atoms with E-state index in [0.29, 0.717) is 36.9 Å². The third kappa shape index (κ3) is 3.62. The monoisotopic (exact) mass is 430 g/mol. The number of aromatic nitrogens is 1. The molecule has 2 aliphatic heterocycles. The fourth-order valence-electron chi connectivity index (χ4n) is 4.29. The molecule has 6 nitrogen and oxygen atoms in total. The number of piperazine rings is 1. The molecule has 158 valence electrons. The first-order chi connectivity index (χ1) is 14.3. The average molecular weight is 431 g/mol. The first kappa shape index (κ1) is 20.6. The van der Waals surface area contributed by atoms with Gasteiger partial charge in [-0.3, -0.25) is 9.59 Å². The molecule has 1 aromatic carbocycles. The molecule has 0 N–H and O–H groups in total. The van der Waals surface area contributed by atoms with Crippen molar-refractivity contribution < 1.29 is 14.0 Å². The van der Waals surface area contributed by atoms with Crippen LogP contribution in [0.25, 0.3) is 0 Å². The first-order valence-corrected chi connectivity index (χ1v) is 10.4. The molecular weight excluding hydrogens is 407 g/mol. The van der Waals surface area contributed by atoms with Gasteiger partial charge in [-0.05, 0) is 50.1 Å². The maximum atomic E-state index is 13.6. The molecule has 2 aromatic rings. The van der Waals surface area contributed by atoms with Gasteiger partial charge in [0.15, 0.2) is 0 Å². The molecule has 3 heterocycles. The van der Waals surface area contributed by atoms with Crippen molar-refractivity contribution in [3.05, 3.63) is 59.0 Å². The molecule has 0 saturated carbocycles. The lowest BCUT2D eigenvalue weighted by atomic mass is 9.89. The molecule has 2 amide bonds. The summed E-state index contributed by atoms with van der Waals surface area (Å²) in [6, 6.07) is 10.2. The zero-order valence-electron chi connectivity index (χ0n) is 17.0. The summed E-state index contributed by atoms with van der Waals surface area (Å²) < 4.78 is 13.3. The topological polar surface area (TPSA) is 56.8 Å². The molecule has 0 aliphatic carbocycles. The lowest BCUT2D eigenvalue weighted by molar-refractivity contribution is -0.166. The Bertz CT molecular complexity index is 951. The number of anilines is 1. The highest BCUT2D eigenvalue weighted by Gasteiger charge is 2.56. The van der Waals surface area contributed by atoms with Crippen LogP contribution in [0.2, 0.25) is 5.02 Å². The molecule has 2 saturated heterocycles. The van der Waals surface area contributed by atoms with Gasteiger partial charge in [-0.1, -0.05) is 23.7 Å². The van der Waals surface area contributed by atoms with Crippen LogP contribution in [0.5, 0.6) is 0 Å². The van der Waals surface area contributed by atoms with Crippen molar-refractivity contribution in [2.75, 3.05) is 24.5 Å². The lowest BCUT2D eigenvalue weighted by Gasteiger charge is -2.48. The minimum atomic E-state index is -0.977. The summed E-state index contributed by atoms with van der Waals surface area (Å²) in [5, 5.41) is 0.620. The van der Waals surface area contributed by atoms with Crippen LogP contribution in [0.1, 0.15) is 25.8 Å². The Kier molecular flexibility index (Phi) is 5.40. The molecule has 0 bridgehead atoms. The van der Waals surface area contributed by atoms with Crippen molar-refractivity contribution in [3.8, 4) is 0 Å². The SMILES string of the molecule is CC(C)N1CC(=O)N(Cc2ccc(Cl)cc2)[C@]2(CCN(c3ccc(F)cn3)C2)C1=O. The molecule has 1 atom stereocenters. The molecular formula is C22H24ClFN4O2. The number of amides is 2. The lowest BCUT2D eigenvalue weighted by Crippen LogP contribution is -2.69. The highest BCUT2D eigenvalue weighted by Crippen LogP contribution is 2.37. The van der Waals surface area contributed by atoms with Crippen molar-refractivity contribution in [2.24, 2.45) is 0 Å². The van der Waals surface area contributed by atoms with Crippen molar-refractivity contribution in [1.29, 1.82) is 0 Å². The van der Waals surface area contributed by atoms with Crippen molar-refractivity contribution in [1.82, 2.24) is 14.8 Å². The van der Waals surface area contributed by atoms with E-state index in [9.17, 15) is 14.0 Å². The van der Waals surface area contributed by atoms with Gasteiger partial charge in [0.2, 0.25) is 5.91 Å². The number of rotatable bonds is 4. The second-order valence-corrected chi connectivity index (χ2v) is 8.61. The van der Waals surface area contributed by atoms with Crippen LogP contribution in [-0.2, 0) is 16.1 Å². The smallest absolute Gasteiger partial charge is 0.251 e. The van der Waals surface area contributed by atoms with E-state index in [1.54, 1.807) is 28.0 Å². The normalized spacial score (nSPS) is 22.0. The summed E-state index contributed by atoms with van der Waals surface area (Å²) in [6.07, 6.45) is 1.66. The maximum Gasteiger partial charge on any atom is 0.251 e. The van der Waals surface area contributed by atoms with E-state index < -0.39 is 11.4 Å². The van der Waals surface area contributed by atoms with Crippen LogP contribution in [-0.4, -0.2) is 57.8 Å². The number of benzene rings is 1. The van der Waals surface area contributed by atoms with Crippen LogP contribution in [0.3, 0.4) is 0 Å². The van der Waals surface area contributed by atoms with Crippen molar-refractivity contribution >= 4 is 29.2 Å². The Hall–Kier alpha value is -2.67. The molecule has 30 heavy (non-hydrogen) atoms. The van der Waals surface area contributed by atoms with E-state index in [2.05, 4.69) is 4.98 Å². The van der Waals surface area contributed by atoms with Gasteiger partial charge < -0.3 is 14.7 Å². The number of hydrogen-bond donors (Lipinski definition) is 0. The summed E-state index contributed by atoms with van der Waals surface area (Å²) in [6.45, 7) is 5.12. The van der Waals surface area contributed by atoms with Gasteiger partial charge in [-0.25, -0.2) is 9.37 Å². The average Bonchev–Trinajstić information content (AvgIpc) is 3.16. The third-order valence-corrected chi connectivity index (χ3v) is 6.20. The van der Waals surface area contributed by atoms with E-state index in [4.69, 9.17) is 11.6 Å². The maximum absolute atomic E-state index is 13.6. The quantitative estimate of drug-likeness (QED) is 0.748. The number of pyridine rings is 1. The minimum Gasteiger partial charge on any atom is -0.354 e. The number of carbonyl (C=O) groups excluding carboxylic acids is 2. The van der Waals surface area contributed by atoms with Gasteiger partial charge in [0.1, 0.15) is 23.7 Å². The molecule has 2 aliphatic rings. The van der Waals surface area contributed by atoms with E-state index in [1.165, 1.54) is 12.3 Å². The molecule has 2 fully saturated rings. The second kappa shape index (κ2) is 7.87. The Morgan fingerprint density at radius 3 is 2.53 bits per heavy atom. The zero-order valence-corrected chi connectivity index (χ0v) is 17.8. The third-order valence-electron chi connectivity index (χ3n) is 5.94. The molecule has 4 rings (SSSR count). The molecule has 0 radical (unpaired) electrons. The number of nitrogens with zero attached hydrogens (tertiary/aromatic N) is 4. The number of hydrogen-bond acceptors (Lipinski definition) is 4. The minimum absolute atomic E-state index is 0.0457. The van der Waals surface area contributed by atoms with Crippen LogP contribution >= 0.6 is 11.6 Å². The highest BCUT2D eigenvalue weighted by atomic mass is 35.5. The van der Waals surface area contributed by atoms with E-state index in [1.807, 2.05) is 30.9 Å². The molecule has 0 unspecified atom stereocenters. The van der Waals surface area contributed by atoms with Crippen LogP contribution in [0, 0.1) is 5.82 Å². The van der Waals surface area contributed by atoms with E-state index in [0.717, 1.165) is 5.56 Å². The Morgan fingerprint density at radius 1 is 1.17 bits per heavy atom. The fourth-order valence-corrected chi connectivity index (χ4v) is 4.42. The second-order valence-electron chi connectivity index (χ2n) is 8.17. The van der Waals surface area contributed by atoms with E-state index >= 15 is 0 Å². The largest absolute Gasteiger partial charge is 0.354 e. The summed E-state index contributed by atoms with van der Waals surface area (Å²) in [5.41, 5.74) is -0.0637. The van der Waals surface area contributed by atoms with Crippen LogP contribution in [0.4, 0.5) is 10.2 Å². The van der Waals surface area contributed by atoms with Gasteiger partial charge in [-0.15, -0.1) is 0 Å². The van der Waals surface area contributed by atoms with Gasteiger partial charge >= 0.3 is 0 Å². The fraction of sp³-hybridized carbons (Fsp3) is 0.409. The van der Waals surface area contributed by atoms with Crippen LogP contribution < -0.4 is 4.90 Å². The first-order valence-electron chi connectivity index (χ1n) is 10.0. The Balaban J connectivity index is 1.68. The molecule has 1 aromatic heterocycles. The van der Waals surface area contributed by atoms with Crippen molar-refractivity contribution in [3.63, 3.8) is 0 Å². The Morgan fingerprint density at radius 2 is 1.90 bits per heavy atom. The van der Waals surface area contributed by atoms with Crippen molar-refractivity contribution in [2.45, 2.75) is 38.4 Å². The summed E-state index contributed by atoms with van der Waals surface area (Å²) in [7, 11) is 0. The standard InChI is InChI=1S/C22H24ClFN4O2/c1-15(2)27-13-20(29)28(12-16-3-5-17(23)6-4-16)22(21(27)30)9-10-26(14-22)19-8-7-18(24)11-25-19/h3-8,11,15H,9-10,12-14H2,1-2H3/t22-/m0/s1. The van der Waals surface area contributed by atoms with Crippen LogP contribution in [0.15, 0.2) is 42.6 Å². The summed E-state index contributed by atoms with van der Waals surface area (Å²) in [5.74, 6) is 0.0661. The summed E-state index contributed by atoms with van der Waals surface area (Å²) >= 11 is 6.00. The Labute approximate surface area is 180 Å². The predicted molar refractivity (Wildman–Crippen MR) is 113 cm³/mol. The van der Waals surface area contributed by atoms with E-state index in [-0.39, 0.29) is 24.4 Å². The van der Waals surface area contributed by atoms with Gasteiger partial charge in [0.25, 0.3) is 5.91 Å². The van der Waals surface area contributed by atoms with Gasteiger partial charge in [-0.2, -0.15) is 0 Å². The van der Waals surface area contributed by atoms with Gasteiger partial charge in [0, 0.05) is 24.2 Å². The summed E-state index contributed by atoms with van der Waals surface area (Å²) in [4.78, 5) is 36.3. The number of halogens is 2. The molecule has 8 heteroatoms.